The predicted octanol–water partition coefficient (Wildman–Crippen LogP) is 3.03. The largest absolute Gasteiger partial charge is 0.361 e. The van der Waals surface area contributed by atoms with Gasteiger partial charge in [0.05, 0.1) is 12.1 Å². The van der Waals surface area contributed by atoms with Crippen LogP contribution in [0.5, 0.6) is 0 Å². The van der Waals surface area contributed by atoms with Crippen molar-refractivity contribution in [2.24, 2.45) is 0 Å². The number of nitrogens with one attached hydrogen (secondary N) is 1. The Balaban J connectivity index is 1.71. The number of carbonyl (C=O) groups is 1. The fraction of sp³-hybridized carbons (Fsp3) is 0.333. The first-order valence-corrected chi connectivity index (χ1v) is 7.60. The first-order chi connectivity index (χ1) is 9.74. The minimum Gasteiger partial charge on any atom is -0.361 e. The molecule has 1 aliphatic rings. The number of halogens is 1. The second-order valence-electron chi connectivity index (χ2n) is 4.95. The van der Waals surface area contributed by atoms with Crippen LogP contribution in [0.4, 0.5) is 5.82 Å². The van der Waals surface area contributed by atoms with Crippen molar-refractivity contribution in [3.05, 3.63) is 34.8 Å². The van der Waals surface area contributed by atoms with E-state index in [0.717, 1.165) is 47.1 Å². The molecule has 1 fully saturated rings. The molecule has 20 heavy (non-hydrogen) atoms. The number of pyridine rings is 1. The molecular weight excluding hydrogens is 318 g/mol. The molecule has 0 atom stereocenters. The summed E-state index contributed by atoms with van der Waals surface area (Å²) in [6.07, 6.45) is 2.24. The summed E-state index contributed by atoms with van der Waals surface area (Å²) in [5, 5.41) is 4.20. The summed E-state index contributed by atoms with van der Waals surface area (Å²) >= 11 is 3.50. The summed E-state index contributed by atoms with van der Waals surface area (Å²) < 4.78 is 0.963. The van der Waals surface area contributed by atoms with E-state index in [4.69, 9.17) is 0 Å². The highest BCUT2D eigenvalue weighted by atomic mass is 79.9. The number of hydrogen-bond acceptors (Lipinski definition) is 3. The lowest BCUT2D eigenvalue weighted by Crippen LogP contribution is -2.33. The van der Waals surface area contributed by atoms with Crippen LogP contribution in [0.2, 0.25) is 0 Å². The van der Waals surface area contributed by atoms with Gasteiger partial charge in [0.1, 0.15) is 5.82 Å². The lowest BCUT2D eigenvalue weighted by atomic mass is 10.2. The van der Waals surface area contributed by atoms with E-state index < -0.39 is 0 Å². The number of benzene rings is 1. The van der Waals surface area contributed by atoms with Crippen molar-refractivity contribution in [1.82, 2.24) is 9.88 Å². The molecule has 1 saturated heterocycles. The molecule has 1 aromatic carbocycles. The highest BCUT2D eigenvalue weighted by Crippen LogP contribution is 2.23. The van der Waals surface area contributed by atoms with Crippen LogP contribution < -0.4 is 5.32 Å². The van der Waals surface area contributed by atoms with E-state index >= 15 is 0 Å². The van der Waals surface area contributed by atoms with Gasteiger partial charge < -0.3 is 10.2 Å². The van der Waals surface area contributed by atoms with E-state index in [2.05, 4.69) is 26.2 Å². The van der Waals surface area contributed by atoms with Gasteiger partial charge in [-0.2, -0.15) is 0 Å². The monoisotopic (exact) mass is 333 g/mol. The van der Waals surface area contributed by atoms with Crippen LogP contribution >= 0.6 is 15.9 Å². The molecule has 2 heterocycles. The van der Waals surface area contributed by atoms with Crippen LogP contribution in [0.25, 0.3) is 10.9 Å². The van der Waals surface area contributed by atoms with Gasteiger partial charge in [-0.05, 0) is 47.0 Å². The lowest BCUT2D eigenvalue weighted by molar-refractivity contribution is -0.128. The Labute approximate surface area is 126 Å². The van der Waals surface area contributed by atoms with Crippen LogP contribution in [-0.2, 0) is 4.79 Å². The van der Waals surface area contributed by atoms with Crippen molar-refractivity contribution in [2.75, 3.05) is 25.0 Å². The summed E-state index contributed by atoms with van der Waals surface area (Å²) in [7, 11) is 0. The summed E-state index contributed by atoms with van der Waals surface area (Å²) in [5.74, 6) is 0.883. The van der Waals surface area contributed by atoms with E-state index in [-0.39, 0.29) is 5.91 Å². The third-order valence-corrected chi connectivity index (χ3v) is 4.19. The molecule has 1 N–H and O–H groups in total. The zero-order valence-corrected chi connectivity index (χ0v) is 12.7. The SMILES string of the molecule is O=C(CNc1ccc2cccc(Br)c2n1)N1CCCC1. The van der Waals surface area contributed by atoms with Crippen molar-refractivity contribution in [1.29, 1.82) is 0 Å². The van der Waals surface area contributed by atoms with Crippen LogP contribution in [0, 0.1) is 0 Å². The minimum absolute atomic E-state index is 0.150. The second-order valence-corrected chi connectivity index (χ2v) is 5.80. The Bertz CT molecular complexity index is 638. The fourth-order valence-corrected chi connectivity index (χ4v) is 2.92. The number of rotatable bonds is 3. The topological polar surface area (TPSA) is 45.2 Å². The third-order valence-electron chi connectivity index (χ3n) is 3.55. The number of aromatic nitrogens is 1. The Kier molecular flexibility index (Phi) is 3.87. The molecule has 1 aliphatic heterocycles. The Morgan fingerprint density at radius 1 is 1.25 bits per heavy atom. The first-order valence-electron chi connectivity index (χ1n) is 6.81. The van der Waals surface area contributed by atoms with Gasteiger partial charge in [0, 0.05) is 22.9 Å². The number of likely N-dealkylation sites (tertiary alicyclic amines) is 1. The van der Waals surface area contributed by atoms with Crippen molar-refractivity contribution in [3.8, 4) is 0 Å². The maximum Gasteiger partial charge on any atom is 0.241 e. The minimum atomic E-state index is 0.150. The average Bonchev–Trinajstić information content (AvgIpc) is 3.00. The normalized spacial score (nSPS) is 14.8. The molecule has 3 rings (SSSR count). The average molecular weight is 334 g/mol. The van der Waals surface area contributed by atoms with Crippen LogP contribution in [0.1, 0.15) is 12.8 Å². The molecule has 0 unspecified atom stereocenters. The standard InChI is InChI=1S/C15H16BrN3O/c16-12-5-3-4-11-6-7-13(18-15(11)12)17-10-14(20)19-8-1-2-9-19/h3-7H,1-2,8-10H2,(H,17,18). The van der Waals surface area contributed by atoms with Crippen LogP contribution in [0.15, 0.2) is 34.8 Å². The van der Waals surface area contributed by atoms with Crippen molar-refractivity contribution < 1.29 is 4.79 Å². The number of fused-ring (bicyclic) bond motifs is 1. The maximum absolute atomic E-state index is 12.0. The van der Waals surface area contributed by atoms with E-state index in [1.807, 2.05) is 35.2 Å². The molecule has 5 heteroatoms. The zero-order chi connectivity index (χ0) is 13.9. The van der Waals surface area contributed by atoms with E-state index in [1.165, 1.54) is 0 Å². The predicted molar refractivity (Wildman–Crippen MR) is 83.7 cm³/mol. The van der Waals surface area contributed by atoms with E-state index in [1.54, 1.807) is 0 Å². The van der Waals surface area contributed by atoms with Crippen LogP contribution in [-0.4, -0.2) is 35.4 Å². The third kappa shape index (κ3) is 2.77. The molecule has 0 spiro atoms. The Morgan fingerprint density at radius 3 is 2.85 bits per heavy atom. The number of para-hydroxylation sites is 1. The van der Waals surface area contributed by atoms with E-state index in [9.17, 15) is 4.79 Å². The molecule has 0 saturated carbocycles. The molecule has 1 amide bonds. The molecule has 0 aliphatic carbocycles. The number of amides is 1. The number of anilines is 1. The van der Waals surface area contributed by atoms with Crippen molar-refractivity contribution in [2.45, 2.75) is 12.8 Å². The highest BCUT2D eigenvalue weighted by Gasteiger charge is 2.17. The smallest absolute Gasteiger partial charge is 0.241 e. The van der Waals surface area contributed by atoms with Gasteiger partial charge in [-0.15, -0.1) is 0 Å². The van der Waals surface area contributed by atoms with Gasteiger partial charge >= 0.3 is 0 Å². The number of carbonyl (C=O) groups excluding carboxylic acids is 1. The summed E-state index contributed by atoms with van der Waals surface area (Å²) in [6.45, 7) is 2.08. The quantitative estimate of drug-likeness (QED) is 0.938. The van der Waals surface area contributed by atoms with Crippen molar-refractivity contribution in [3.63, 3.8) is 0 Å². The van der Waals surface area contributed by atoms with Gasteiger partial charge in [-0.1, -0.05) is 12.1 Å². The molecule has 0 radical (unpaired) electrons. The summed E-state index contributed by atoms with van der Waals surface area (Å²) in [6, 6.07) is 9.89. The number of hydrogen-bond donors (Lipinski definition) is 1. The lowest BCUT2D eigenvalue weighted by Gasteiger charge is -2.15. The van der Waals surface area contributed by atoms with Gasteiger partial charge in [-0.25, -0.2) is 4.98 Å². The molecule has 104 valence electrons. The van der Waals surface area contributed by atoms with E-state index in [0.29, 0.717) is 6.54 Å². The molecule has 0 bridgehead atoms. The van der Waals surface area contributed by atoms with Crippen LogP contribution in [0.3, 0.4) is 0 Å². The highest BCUT2D eigenvalue weighted by molar-refractivity contribution is 9.10. The van der Waals surface area contributed by atoms with Gasteiger partial charge in [0.25, 0.3) is 0 Å². The summed E-state index contributed by atoms with van der Waals surface area (Å²) in [5.41, 5.74) is 0.908. The fourth-order valence-electron chi connectivity index (χ4n) is 2.45. The van der Waals surface area contributed by atoms with Gasteiger partial charge in [0.15, 0.2) is 0 Å². The molecule has 1 aromatic heterocycles. The second kappa shape index (κ2) is 5.79. The zero-order valence-electron chi connectivity index (χ0n) is 11.1. The maximum atomic E-state index is 12.0. The van der Waals surface area contributed by atoms with Gasteiger partial charge in [-0.3, -0.25) is 4.79 Å². The van der Waals surface area contributed by atoms with Gasteiger partial charge in [0.2, 0.25) is 5.91 Å². The molecular formula is C15H16BrN3O. The molecule has 4 nitrogen and oxygen atoms in total. The number of nitrogens with zero attached hydrogens (tertiary/aromatic N) is 2. The Hall–Kier alpha value is -1.62. The van der Waals surface area contributed by atoms with Crippen molar-refractivity contribution >= 4 is 38.6 Å². The summed E-state index contributed by atoms with van der Waals surface area (Å²) in [4.78, 5) is 18.4. The Morgan fingerprint density at radius 2 is 2.05 bits per heavy atom. The first kappa shape index (κ1) is 13.4. The molecule has 2 aromatic rings.